The van der Waals surface area contributed by atoms with Crippen molar-refractivity contribution in [3.8, 4) is 11.5 Å². The van der Waals surface area contributed by atoms with E-state index in [2.05, 4.69) is 17.2 Å². The SMILES string of the molecule is COc1cccc(C(=O)Nc2cccc(C3(C)CCSC(N)=N3)c2)c1OC. The van der Waals surface area contributed by atoms with Crippen LogP contribution in [0.5, 0.6) is 11.5 Å². The zero-order valence-electron chi connectivity index (χ0n) is 15.6. The number of carbonyl (C=O) groups excluding carboxylic acids is 1. The highest BCUT2D eigenvalue weighted by Gasteiger charge is 2.29. The number of para-hydroxylation sites is 1. The van der Waals surface area contributed by atoms with Crippen molar-refractivity contribution >= 4 is 28.5 Å². The molecule has 0 radical (unpaired) electrons. The molecule has 1 amide bonds. The summed E-state index contributed by atoms with van der Waals surface area (Å²) in [7, 11) is 3.05. The Morgan fingerprint density at radius 3 is 2.70 bits per heavy atom. The number of amides is 1. The summed E-state index contributed by atoms with van der Waals surface area (Å²) in [6.45, 7) is 2.06. The number of thioether (sulfide) groups is 1. The number of benzene rings is 2. The second-order valence-corrected chi connectivity index (χ2v) is 7.51. The van der Waals surface area contributed by atoms with E-state index in [4.69, 9.17) is 15.2 Å². The zero-order chi connectivity index (χ0) is 19.4. The summed E-state index contributed by atoms with van der Waals surface area (Å²) < 4.78 is 10.6. The first-order valence-corrected chi connectivity index (χ1v) is 9.56. The van der Waals surface area contributed by atoms with Crippen LogP contribution in [-0.4, -0.2) is 31.0 Å². The Hall–Kier alpha value is -2.67. The molecule has 1 heterocycles. The maximum absolute atomic E-state index is 12.8. The van der Waals surface area contributed by atoms with E-state index in [0.29, 0.717) is 27.9 Å². The largest absolute Gasteiger partial charge is 0.493 e. The highest BCUT2D eigenvalue weighted by Crippen LogP contribution is 2.36. The van der Waals surface area contributed by atoms with Crippen molar-refractivity contribution in [1.82, 2.24) is 0 Å². The van der Waals surface area contributed by atoms with Gasteiger partial charge >= 0.3 is 0 Å². The number of nitrogens with one attached hydrogen (secondary N) is 1. The van der Waals surface area contributed by atoms with Crippen molar-refractivity contribution in [3.63, 3.8) is 0 Å². The fourth-order valence-electron chi connectivity index (χ4n) is 3.09. The monoisotopic (exact) mass is 385 g/mol. The maximum Gasteiger partial charge on any atom is 0.259 e. The Bertz CT molecular complexity index is 885. The lowest BCUT2D eigenvalue weighted by Crippen LogP contribution is -2.28. The third-order valence-corrected chi connectivity index (χ3v) is 5.38. The molecule has 3 N–H and O–H groups in total. The van der Waals surface area contributed by atoms with Crippen LogP contribution in [0.3, 0.4) is 0 Å². The topological polar surface area (TPSA) is 85.9 Å². The van der Waals surface area contributed by atoms with Crippen LogP contribution < -0.4 is 20.5 Å². The molecule has 2 aromatic rings. The Morgan fingerprint density at radius 1 is 1.22 bits per heavy atom. The molecule has 1 aliphatic heterocycles. The molecule has 0 bridgehead atoms. The molecule has 0 saturated heterocycles. The van der Waals surface area contributed by atoms with Crippen LogP contribution in [-0.2, 0) is 5.54 Å². The zero-order valence-corrected chi connectivity index (χ0v) is 16.4. The lowest BCUT2D eigenvalue weighted by atomic mass is 9.89. The molecule has 0 fully saturated rings. The van der Waals surface area contributed by atoms with Gasteiger partial charge in [0.25, 0.3) is 5.91 Å². The van der Waals surface area contributed by atoms with Crippen molar-refractivity contribution in [2.75, 3.05) is 25.3 Å². The number of ether oxygens (including phenoxy) is 2. The van der Waals surface area contributed by atoms with Gasteiger partial charge in [-0.15, -0.1) is 0 Å². The molecule has 1 aliphatic rings. The van der Waals surface area contributed by atoms with E-state index < -0.39 is 0 Å². The molecule has 142 valence electrons. The first-order chi connectivity index (χ1) is 13.0. The summed E-state index contributed by atoms with van der Waals surface area (Å²) in [5.41, 5.74) is 7.65. The van der Waals surface area contributed by atoms with Crippen LogP contribution in [0.2, 0.25) is 0 Å². The van der Waals surface area contributed by atoms with Gasteiger partial charge in [0.1, 0.15) is 0 Å². The second kappa shape index (κ2) is 7.92. The predicted molar refractivity (Wildman–Crippen MR) is 110 cm³/mol. The van der Waals surface area contributed by atoms with Gasteiger partial charge in [-0.05, 0) is 43.2 Å². The van der Waals surface area contributed by atoms with Crippen molar-refractivity contribution in [2.24, 2.45) is 10.7 Å². The van der Waals surface area contributed by atoms with Crippen LogP contribution in [0.4, 0.5) is 5.69 Å². The average molecular weight is 385 g/mol. The van der Waals surface area contributed by atoms with Crippen LogP contribution in [0.1, 0.15) is 29.3 Å². The molecule has 7 heteroatoms. The smallest absolute Gasteiger partial charge is 0.259 e. The van der Waals surface area contributed by atoms with Gasteiger partial charge in [-0.2, -0.15) is 0 Å². The van der Waals surface area contributed by atoms with Crippen molar-refractivity contribution < 1.29 is 14.3 Å². The van der Waals surface area contributed by atoms with Gasteiger partial charge in [0.15, 0.2) is 16.7 Å². The molecule has 1 atom stereocenters. The summed E-state index contributed by atoms with van der Waals surface area (Å²) in [6, 6.07) is 12.9. The minimum atomic E-state index is -0.385. The lowest BCUT2D eigenvalue weighted by molar-refractivity contribution is 0.102. The van der Waals surface area contributed by atoms with E-state index in [1.807, 2.05) is 24.3 Å². The number of anilines is 1. The van der Waals surface area contributed by atoms with Crippen LogP contribution >= 0.6 is 11.8 Å². The molecule has 1 unspecified atom stereocenters. The fraction of sp³-hybridized carbons (Fsp3) is 0.300. The van der Waals surface area contributed by atoms with Gasteiger partial charge in [0.05, 0.1) is 25.3 Å². The van der Waals surface area contributed by atoms with Crippen LogP contribution in [0, 0.1) is 0 Å². The summed E-state index contributed by atoms with van der Waals surface area (Å²) in [5.74, 6) is 1.57. The van der Waals surface area contributed by atoms with Gasteiger partial charge in [0.2, 0.25) is 0 Å². The van der Waals surface area contributed by atoms with Gasteiger partial charge in [-0.25, -0.2) is 0 Å². The fourth-order valence-corrected chi connectivity index (χ4v) is 4.07. The molecule has 3 rings (SSSR count). The first kappa shape index (κ1) is 19.1. The average Bonchev–Trinajstić information content (AvgIpc) is 2.67. The summed E-state index contributed by atoms with van der Waals surface area (Å²) >= 11 is 1.57. The Kier molecular flexibility index (Phi) is 5.60. The standard InChI is InChI=1S/C20H23N3O3S/c1-20(10-11-27-19(21)23-20)13-6-4-7-14(12-13)22-18(24)15-8-5-9-16(25-2)17(15)26-3/h4-9,12H,10-11H2,1-3H3,(H2,21,23)(H,22,24). The van der Waals surface area contributed by atoms with E-state index in [9.17, 15) is 4.79 Å². The predicted octanol–water partition coefficient (Wildman–Crippen LogP) is 3.62. The van der Waals surface area contributed by atoms with E-state index in [-0.39, 0.29) is 11.4 Å². The van der Waals surface area contributed by atoms with Crippen molar-refractivity contribution in [2.45, 2.75) is 18.9 Å². The quantitative estimate of drug-likeness (QED) is 0.821. The highest BCUT2D eigenvalue weighted by atomic mass is 32.2. The summed E-state index contributed by atoms with van der Waals surface area (Å²) in [6.07, 6.45) is 0.888. The number of amidine groups is 1. The molecule has 27 heavy (non-hydrogen) atoms. The number of hydrogen-bond acceptors (Lipinski definition) is 6. The van der Waals surface area contributed by atoms with Crippen molar-refractivity contribution in [1.29, 1.82) is 0 Å². The van der Waals surface area contributed by atoms with E-state index in [1.54, 1.807) is 37.1 Å². The number of carbonyl (C=O) groups is 1. The van der Waals surface area contributed by atoms with Gasteiger partial charge in [-0.3, -0.25) is 9.79 Å². The van der Waals surface area contributed by atoms with Gasteiger partial charge in [0, 0.05) is 11.4 Å². The molecule has 0 saturated carbocycles. The molecular weight excluding hydrogens is 362 g/mol. The lowest BCUT2D eigenvalue weighted by Gasteiger charge is -2.30. The van der Waals surface area contributed by atoms with Gasteiger partial charge < -0.3 is 20.5 Å². The number of nitrogens with zero attached hydrogens (tertiary/aromatic N) is 1. The normalized spacial score (nSPS) is 19.1. The first-order valence-electron chi connectivity index (χ1n) is 8.58. The third kappa shape index (κ3) is 4.03. The Balaban J connectivity index is 1.87. The van der Waals surface area contributed by atoms with E-state index in [1.165, 1.54) is 7.11 Å². The van der Waals surface area contributed by atoms with Gasteiger partial charge in [-0.1, -0.05) is 30.0 Å². The minimum Gasteiger partial charge on any atom is -0.493 e. The molecule has 0 aromatic heterocycles. The van der Waals surface area contributed by atoms with Crippen molar-refractivity contribution in [3.05, 3.63) is 53.6 Å². The molecule has 0 aliphatic carbocycles. The number of rotatable bonds is 5. The van der Waals surface area contributed by atoms with Crippen LogP contribution in [0.15, 0.2) is 47.5 Å². The number of hydrogen-bond donors (Lipinski definition) is 2. The number of methoxy groups -OCH3 is 2. The number of aliphatic imine (C=N–C) groups is 1. The Labute approximate surface area is 163 Å². The maximum atomic E-state index is 12.8. The summed E-state index contributed by atoms with van der Waals surface area (Å²) in [4.78, 5) is 17.4. The summed E-state index contributed by atoms with van der Waals surface area (Å²) in [5, 5.41) is 3.53. The molecule has 0 spiro atoms. The Morgan fingerprint density at radius 2 is 2.00 bits per heavy atom. The minimum absolute atomic E-state index is 0.268. The molecule has 2 aromatic carbocycles. The van der Waals surface area contributed by atoms with E-state index in [0.717, 1.165) is 17.7 Å². The van der Waals surface area contributed by atoms with Crippen LogP contribution in [0.25, 0.3) is 0 Å². The molecule has 6 nitrogen and oxygen atoms in total. The second-order valence-electron chi connectivity index (χ2n) is 6.40. The molecular formula is C20H23N3O3S. The highest BCUT2D eigenvalue weighted by molar-refractivity contribution is 8.13. The third-order valence-electron chi connectivity index (χ3n) is 4.59. The number of nitrogens with two attached hydrogens (primary N) is 1. The van der Waals surface area contributed by atoms with E-state index >= 15 is 0 Å².